The number of nitrogens with zero attached hydrogens (tertiary/aromatic N) is 8. The number of Topliss-reactive ketones (excluding diaryl/α,β-unsaturated/α-hetero) is 4. The fraction of sp³-hybridized carbons (Fsp3) is 0.309. The fourth-order valence-corrected chi connectivity index (χ4v) is 13.6. The number of carboxylic acid groups (broad SMARTS) is 6. The fourth-order valence-electron chi connectivity index (χ4n) is 13.3. The lowest BCUT2D eigenvalue weighted by atomic mass is 10.2. The molecule has 141 heavy (non-hydrogen) atoms. The zero-order valence-corrected chi connectivity index (χ0v) is 78.8. The molecule has 11 N–H and O–H groups in total. The zero-order chi connectivity index (χ0) is 102. The molecule has 0 saturated heterocycles. The number of carbonyl (C=O) groups is 13. The molecule has 13 aromatic rings. The molecule has 0 atom stereocenters. The highest BCUT2D eigenvalue weighted by molar-refractivity contribution is 9.10. The van der Waals surface area contributed by atoms with Gasteiger partial charge in [0.1, 0.15) is 0 Å². The van der Waals surface area contributed by atoms with E-state index in [0.29, 0.717) is 22.2 Å². The number of unbranched alkanes of at least 4 members (excludes halogenated alkanes) is 2. The molecule has 0 aliphatic heterocycles. The van der Waals surface area contributed by atoms with Crippen LogP contribution >= 0.6 is 15.9 Å². The number of furan rings is 13. The number of carbonyl (C=O) groups excluding carboxylic acids is 7. The number of hydrogen-bond donors (Lipinski definition) is 9. The summed E-state index contributed by atoms with van der Waals surface area (Å²) in [5.74, 6) is -11.6. The summed E-state index contributed by atoms with van der Waals surface area (Å²) in [6.45, 7) is 15.3. The van der Waals surface area contributed by atoms with Crippen LogP contribution in [-0.4, -0.2) is 232 Å². The number of rotatable bonds is 53. The lowest BCUT2D eigenvalue weighted by Gasteiger charge is -2.30. The molecule has 47 heteroatoms. The molecule has 0 unspecified atom stereocenters. The molecule has 46 nitrogen and oxygen atoms in total. The molecule has 750 valence electrons. The number of esters is 3. The van der Waals surface area contributed by atoms with Crippen molar-refractivity contribution in [3.63, 3.8) is 0 Å². The van der Waals surface area contributed by atoms with E-state index in [4.69, 9.17) is 83.1 Å². The van der Waals surface area contributed by atoms with Gasteiger partial charge in [-0.3, -0.25) is 38.8 Å². The Kier molecular flexibility index (Phi) is 38.8. The Labute approximate surface area is 809 Å². The van der Waals surface area contributed by atoms with E-state index in [-0.39, 0.29) is 215 Å². The van der Waals surface area contributed by atoms with Gasteiger partial charge < -0.3 is 139 Å². The first kappa shape index (κ1) is 106. The maximum absolute atomic E-state index is 12.7. The van der Waals surface area contributed by atoms with Crippen molar-refractivity contribution in [2.75, 3.05) is 164 Å². The van der Waals surface area contributed by atoms with Crippen LogP contribution in [0.25, 0.3) is 0 Å². The highest BCUT2D eigenvalue weighted by Gasteiger charge is 2.32. The highest BCUT2D eigenvalue weighted by atomic mass is 79.9. The SMILES string of the molecule is CC(=O)c1ccc(Br)o1.CCOC(=O)c1ccc(N(CCN(CCN(c2ccc(C(C)=O)o2)c2ccc(C(=O)OCC)o2)c2ccc(C(C)=O)o2)CCN(c2ccc(C(C)=O)o2)c2ccc(C(=O)OCC)o2)o1.NCCCCCNCCN.O=C(O)c1ccc(N(CCN(CCN(c2ccc(C(=O)O)o2)c2ccc(C(=O)O)o2)c2ccc(C(=O)O)o2)CCN(c2ccc(C(=O)O)o2)c2ccc(C(=O)O)o2)o1. The van der Waals surface area contributed by atoms with Crippen molar-refractivity contribution in [1.29, 1.82) is 0 Å². The van der Waals surface area contributed by atoms with Gasteiger partial charge in [0.05, 0.1) is 19.8 Å². The average Bonchev–Trinajstić information content (AvgIpc) is 1.68. The first-order valence-corrected chi connectivity index (χ1v) is 44.5. The third-order valence-corrected chi connectivity index (χ3v) is 20.6. The van der Waals surface area contributed by atoms with Crippen LogP contribution in [0.2, 0.25) is 0 Å². The van der Waals surface area contributed by atoms with Crippen LogP contribution in [0.15, 0.2) is 220 Å². The smallest absolute Gasteiger partial charge is 0.374 e. The van der Waals surface area contributed by atoms with E-state index in [9.17, 15) is 93.0 Å². The Balaban J connectivity index is 0.000000244. The van der Waals surface area contributed by atoms with E-state index in [0.717, 1.165) is 32.6 Å². The maximum atomic E-state index is 12.7. The minimum absolute atomic E-state index is 0.0194. The number of aromatic carboxylic acids is 6. The Hall–Kier alpha value is -16.7. The van der Waals surface area contributed by atoms with E-state index < -0.39 is 88.3 Å². The Bertz CT molecular complexity index is 6100. The second-order valence-electron chi connectivity index (χ2n) is 29.9. The average molecular weight is 2030 g/mol. The molecule has 13 rings (SSSR count). The van der Waals surface area contributed by atoms with Crippen molar-refractivity contribution in [3.8, 4) is 0 Å². The van der Waals surface area contributed by atoms with Gasteiger partial charge in [-0.15, -0.1) is 0 Å². The molecule has 0 amide bonds. The second-order valence-corrected chi connectivity index (χ2v) is 30.7. The number of nitrogens with two attached hydrogens (primary N) is 2. The molecule has 0 saturated carbocycles. The summed E-state index contributed by atoms with van der Waals surface area (Å²) >= 11 is 3.08. The predicted molar refractivity (Wildman–Crippen MR) is 502 cm³/mol. The minimum atomic E-state index is -1.37. The van der Waals surface area contributed by atoms with Crippen molar-refractivity contribution >= 4 is 163 Å². The monoisotopic (exact) mass is 2020 g/mol. The molecule has 0 aliphatic rings. The van der Waals surface area contributed by atoms with Gasteiger partial charge in [-0.2, -0.15) is 0 Å². The van der Waals surface area contributed by atoms with Gasteiger partial charge in [0, 0.05) is 192 Å². The number of anilines is 12. The number of halogens is 1. The number of ether oxygens (including phenoxy) is 3. The van der Waals surface area contributed by atoms with Crippen LogP contribution in [0.4, 0.5) is 70.6 Å². The topological polar surface area (TPSA) is 632 Å². The number of hydrogen-bond acceptors (Lipinski definition) is 40. The molecule has 0 bridgehead atoms. The lowest BCUT2D eigenvalue weighted by molar-refractivity contribution is 0.0482. The number of nitrogens with one attached hydrogen (secondary N) is 1. The van der Waals surface area contributed by atoms with Crippen LogP contribution in [0.3, 0.4) is 0 Å². The van der Waals surface area contributed by atoms with Gasteiger partial charge in [0.2, 0.25) is 98.9 Å². The minimum Gasteiger partial charge on any atom is -0.475 e. The molecule has 0 aromatic carbocycles. The Morgan fingerprint density at radius 2 is 0.454 bits per heavy atom. The molecular weight excluding hydrogens is 1920 g/mol. The zero-order valence-electron chi connectivity index (χ0n) is 77.2. The summed E-state index contributed by atoms with van der Waals surface area (Å²) in [6.07, 6.45) is 3.59. The molecule has 0 aliphatic carbocycles. The van der Waals surface area contributed by atoms with Crippen molar-refractivity contribution in [3.05, 3.63) is 237 Å². The van der Waals surface area contributed by atoms with Gasteiger partial charge in [-0.05, 0) is 148 Å². The van der Waals surface area contributed by atoms with Crippen molar-refractivity contribution in [2.45, 2.75) is 67.7 Å². The first-order chi connectivity index (χ1) is 67.6. The van der Waals surface area contributed by atoms with Crippen LogP contribution in [0, 0.1) is 0 Å². The van der Waals surface area contributed by atoms with E-state index in [1.54, 1.807) is 95.0 Å². The summed E-state index contributed by atoms with van der Waals surface area (Å²) in [5.41, 5.74) is 10.6. The Morgan fingerprint density at radius 1 is 0.255 bits per heavy atom. The van der Waals surface area contributed by atoms with Crippen LogP contribution in [0.5, 0.6) is 0 Å². The third kappa shape index (κ3) is 29.9. The normalized spacial score (nSPS) is 10.8. The molecule has 13 heterocycles. The van der Waals surface area contributed by atoms with Crippen molar-refractivity contribution in [1.82, 2.24) is 5.32 Å². The molecule has 0 radical (unpaired) electrons. The second kappa shape index (κ2) is 51.5. The van der Waals surface area contributed by atoms with Gasteiger partial charge in [-0.1, -0.05) is 6.42 Å². The maximum Gasteiger partial charge on any atom is 0.374 e. The summed E-state index contributed by atoms with van der Waals surface area (Å²) in [7, 11) is 0. The molecule has 0 spiro atoms. The highest BCUT2D eigenvalue weighted by Crippen LogP contribution is 2.37. The van der Waals surface area contributed by atoms with Gasteiger partial charge >= 0.3 is 53.7 Å². The summed E-state index contributed by atoms with van der Waals surface area (Å²) < 4.78 is 89.8. The molecule has 13 aromatic heterocycles. The third-order valence-electron chi connectivity index (χ3n) is 20.2. The van der Waals surface area contributed by atoms with E-state index in [2.05, 4.69) is 21.2 Å². The quantitative estimate of drug-likeness (QED) is 0.00740. The standard InChI is InChI=1S/C45H48N4O15.C36H30N4O18.C7H19N3.C6H5BrO2/c1-7-56-43(53)34-13-17-38(62-34)47(25-27-49(40-19-12-33(61-40)30(6)52)42-21-15-36(64-42)45(55)58-9-3)23-22-46(37-16-10-31(59-37)28(4)50)24-26-48(39-18-11-32(60-39)29(5)51)41-20-14-35(63-41)44(54)57-8-2;41-31(42)19-1-7-25(53-19)37(15-17-39(27-9-3-21(55-27)33(45)46)28-10-4-22(56-28)34(47)48)13-14-38(26-8-2-20(54-26)32(43)44)16-18-40(29-11-5-23(57-29)35(49)50)30-12-6-24(58-30)36(51)52;8-4-2-1-3-6-10-7-5-9;1-4(8)5-2-3-6(7)9-5/h10-21H,7-9,22-27H2,1-6H3;1-12H,13-18H2,(H,41,42)(H,43,44)(H,45,46)(H,47,48)(H,49,50)(H,51,52);10H,1-9H2;2-3H,1H3. The largest absolute Gasteiger partial charge is 0.475 e. The molecule has 0 fully saturated rings. The summed E-state index contributed by atoms with van der Waals surface area (Å²) in [5, 5.41) is 60.2. The van der Waals surface area contributed by atoms with Crippen molar-refractivity contribution < 1.29 is 165 Å². The van der Waals surface area contributed by atoms with Crippen LogP contribution < -0.4 is 56.0 Å². The predicted octanol–water partition coefficient (Wildman–Crippen LogP) is 15.7. The van der Waals surface area contributed by atoms with Crippen LogP contribution in [-0.2, 0) is 14.2 Å². The first-order valence-electron chi connectivity index (χ1n) is 43.7. The van der Waals surface area contributed by atoms with E-state index in [1.807, 2.05) is 9.80 Å². The van der Waals surface area contributed by atoms with Crippen LogP contribution in [0.1, 0.15) is 205 Å². The number of ketones is 4. The summed E-state index contributed by atoms with van der Waals surface area (Å²) in [6, 6.07) is 37.2. The van der Waals surface area contributed by atoms with Gasteiger partial charge in [-0.25, -0.2) is 43.2 Å². The number of carboxylic acids is 6. The summed E-state index contributed by atoms with van der Waals surface area (Å²) in [4.78, 5) is 168. The van der Waals surface area contributed by atoms with Gasteiger partial charge in [0.25, 0.3) is 0 Å². The Morgan fingerprint density at radius 3 is 0.660 bits per heavy atom. The van der Waals surface area contributed by atoms with Gasteiger partial charge in [0.15, 0.2) is 74.4 Å². The van der Waals surface area contributed by atoms with E-state index >= 15 is 0 Å². The van der Waals surface area contributed by atoms with E-state index in [1.165, 1.54) is 153 Å². The molecular formula is C94H102BrN11O35. The van der Waals surface area contributed by atoms with Crippen molar-refractivity contribution in [2.24, 2.45) is 11.5 Å². The lowest BCUT2D eigenvalue weighted by Crippen LogP contribution is -2.41.